The fraction of sp³-hybridized carbons (Fsp3) is 0.238. The van der Waals surface area contributed by atoms with Crippen molar-refractivity contribution in [2.75, 3.05) is 11.9 Å². The second-order valence-corrected chi connectivity index (χ2v) is 7.00. The van der Waals surface area contributed by atoms with Crippen LogP contribution in [0.4, 0.5) is 5.69 Å². The number of anilines is 1. The summed E-state index contributed by atoms with van der Waals surface area (Å²) < 4.78 is 11.0. The number of benzene rings is 2. The Morgan fingerprint density at radius 1 is 1.11 bits per heavy atom. The number of nitrogens with one attached hydrogen (secondary N) is 1. The maximum atomic E-state index is 12.2. The van der Waals surface area contributed by atoms with Gasteiger partial charge >= 0.3 is 5.63 Å². The molecule has 1 aliphatic rings. The predicted octanol–water partition coefficient (Wildman–Crippen LogP) is 4.34. The smallest absolute Gasteiger partial charge is 0.339 e. The highest BCUT2D eigenvalue weighted by Crippen LogP contribution is 2.29. The van der Waals surface area contributed by atoms with Gasteiger partial charge in [-0.05, 0) is 61.6 Å². The molecule has 0 saturated carbocycles. The van der Waals surface area contributed by atoms with Gasteiger partial charge in [-0.2, -0.15) is 0 Å². The molecule has 0 atom stereocenters. The van der Waals surface area contributed by atoms with Crippen LogP contribution in [0.5, 0.6) is 5.75 Å². The minimum Gasteiger partial charge on any atom is -0.484 e. The van der Waals surface area contributed by atoms with Gasteiger partial charge in [0.15, 0.2) is 6.61 Å². The first kappa shape index (κ1) is 17.6. The summed E-state index contributed by atoms with van der Waals surface area (Å²) in [5.74, 6) is 0.173. The molecule has 4 rings (SSSR count). The van der Waals surface area contributed by atoms with Crippen molar-refractivity contribution in [3.63, 3.8) is 0 Å². The average Bonchev–Trinajstić information content (AvgIpc) is 2.66. The molecule has 27 heavy (non-hydrogen) atoms. The summed E-state index contributed by atoms with van der Waals surface area (Å²) in [5, 5.41) is 4.21. The van der Waals surface area contributed by atoms with Crippen LogP contribution in [0.15, 0.2) is 51.7 Å². The fourth-order valence-corrected chi connectivity index (χ4v) is 3.62. The Hall–Kier alpha value is -2.79. The van der Waals surface area contributed by atoms with Crippen molar-refractivity contribution in [3.8, 4) is 5.75 Å². The van der Waals surface area contributed by atoms with Crippen LogP contribution in [0.1, 0.15) is 24.0 Å². The molecule has 3 aromatic rings. The van der Waals surface area contributed by atoms with E-state index in [4.69, 9.17) is 20.8 Å². The molecular weight excluding hydrogens is 366 g/mol. The largest absolute Gasteiger partial charge is 0.484 e. The molecule has 1 aliphatic carbocycles. The lowest BCUT2D eigenvalue weighted by atomic mass is 9.91. The van der Waals surface area contributed by atoms with Crippen LogP contribution >= 0.6 is 11.6 Å². The van der Waals surface area contributed by atoms with E-state index in [1.165, 1.54) is 0 Å². The van der Waals surface area contributed by atoms with Crippen LogP contribution < -0.4 is 15.7 Å². The molecule has 0 spiro atoms. The van der Waals surface area contributed by atoms with E-state index in [0.717, 1.165) is 42.2 Å². The summed E-state index contributed by atoms with van der Waals surface area (Å²) in [6, 6.07) is 12.2. The number of carbonyl (C=O) groups is 1. The van der Waals surface area contributed by atoms with Crippen LogP contribution in [0.3, 0.4) is 0 Å². The summed E-state index contributed by atoms with van der Waals surface area (Å²) in [4.78, 5) is 24.3. The molecule has 1 N–H and O–H groups in total. The molecule has 138 valence electrons. The zero-order valence-electron chi connectivity index (χ0n) is 14.6. The monoisotopic (exact) mass is 383 g/mol. The molecule has 0 saturated heterocycles. The quantitative estimate of drug-likeness (QED) is 0.680. The predicted molar refractivity (Wildman–Crippen MR) is 105 cm³/mol. The van der Waals surface area contributed by atoms with Crippen LogP contribution in [0.25, 0.3) is 11.0 Å². The molecular formula is C21H18ClNO4. The summed E-state index contributed by atoms with van der Waals surface area (Å²) in [7, 11) is 0. The van der Waals surface area contributed by atoms with Crippen LogP contribution in [0.2, 0.25) is 5.02 Å². The minimum atomic E-state index is -0.302. The van der Waals surface area contributed by atoms with Gasteiger partial charge in [-0.3, -0.25) is 4.79 Å². The van der Waals surface area contributed by atoms with Gasteiger partial charge in [0.1, 0.15) is 11.3 Å². The number of hydrogen-bond acceptors (Lipinski definition) is 4. The van der Waals surface area contributed by atoms with Crippen LogP contribution in [-0.2, 0) is 17.6 Å². The van der Waals surface area contributed by atoms with Gasteiger partial charge in [0.25, 0.3) is 5.91 Å². The number of amides is 1. The highest BCUT2D eigenvalue weighted by atomic mass is 35.5. The second-order valence-electron chi connectivity index (χ2n) is 6.56. The molecule has 0 radical (unpaired) electrons. The lowest BCUT2D eigenvalue weighted by molar-refractivity contribution is -0.118. The third-order valence-corrected chi connectivity index (χ3v) is 4.91. The third kappa shape index (κ3) is 3.83. The van der Waals surface area contributed by atoms with Crippen molar-refractivity contribution < 1.29 is 13.9 Å². The number of rotatable bonds is 4. The van der Waals surface area contributed by atoms with Crippen molar-refractivity contribution in [1.29, 1.82) is 0 Å². The standard InChI is InChI=1S/C21H18ClNO4/c22-13-4-3-5-14(10-13)23-20(24)12-26-15-8-9-17-16-6-1-2-7-18(16)21(25)27-19(17)11-15/h3-5,8-11H,1-2,6-7,12H2,(H,23,24). The molecule has 2 aromatic carbocycles. The lowest BCUT2D eigenvalue weighted by Crippen LogP contribution is -2.20. The molecule has 1 aromatic heterocycles. The summed E-state index contributed by atoms with van der Waals surface area (Å²) >= 11 is 5.90. The van der Waals surface area contributed by atoms with Gasteiger partial charge in [0, 0.05) is 27.7 Å². The molecule has 0 unspecified atom stereocenters. The first-order valence-corrected chi connectivity index (χ1v) is 9.25. The van der Waals surface area contributed by atoms with E-state index in [9.17, 15) is 9.59 Å². The van der Waals surface area contributed by atoms with Crippen molar-refractivity contribution >= 4 is 34.2 Å². The second kappa shape index (κ2) is 7.45. The number of hydrogen-bond donors (Lipinski definition) is 1. The summed E-state index contributed by atoms with van der Waals surface area (Å²) in [5.41, 5.74) is 2.70. The molecule has 1 heterocycles. The Morgan fingerprint density at radius 2 is 1.93 bits per heavy atom. The van der Waals surface area contributed by atoms with E-state index in [0.29, 0.717) is 22.0 Å². The average molecular weight is 384 g/mol. The Bertz CT molecular complexity index is 1070. The van der Waals surface area contributed by atoms with Gasteiger partial charge in [0.05, 0.1) is 0 Å². The zero-order chi connectivity index (χ0) is 18.8. The van der Waals surface area contributed by atoms with E-state index in [1.807, 2.05) is 6.07 Å². The maximum absolute atomic E-state index is 12.2. The van der Waals surface area contributed by atoms with Gasteiger partial charge in [-0.15, -0.1) is 0 Å². The molecule has 1 amide bonds. The Kier molecular flexibility index (Phi) is 4.86. The van der Waals surface area contributed by atoms with Crippen molar-refractivity contribution in [2.45, 2.75) is 25.7 Å². The number of ether oxygens (including phenoxy) is 1. The number of fused-ring (bicyclic) bond motifs is 3. The third-order valence-electron chi connectivity index (χ3n) is 4.67. The van der Waals surface area contributed by atoms with E-state index in [1.54, 1.807) is 36.4 Å². The Balaban J connectivity index is 1.49. The summed E-state index contributed by atoms with van der Waals surface area (Å²) in [6.45, 7) is -0.160. The first-order valence-electron chi connectivity index (χ1n) is 8.87. The maximum Gasteiger partial charge on any atom is 0.339 e. The summed E-state index contributed by atoms with van der Waals surface area (Å²) in [6.07, 6.45) is 3.76. The van der Waals surface area contributed by atoms with Gasteiger partial charge in [-0.1, -0.05) is 17.7 Å². The van der Waals surface area contributed by atoms with E-state index in [2.05, 4.69) is 5.32 Å². The van der Waals surface area contributed by atoms with Crippen molar-refractivity contribution in [1.82, 2.24) is 0 Å². The van der Waals surface area contributed by atoms with Crippen molar-refractivity contribution in [2.24, 2.45) is 0 Å². The van der Waals surface area contributed by atoms with E-state index in [-0.39, 0.29) is 18.1 Å². The minimum absolute atomic E-state index is 0.160. The molecule has 5 nitrogen and oxygen atoms in total. The number of carbonyl (C=O) groups excluding carboxylic acids is 1. The molecule has 0 bridgehead atoms. The van der Waals surface area contributed by atoms with Crippen LogP contribution in [-0.4, -0.2) is 12.5 Å². The van der Waals surface area contributed by atoms with E-state index >= 15 is 0 Å². The van der Waals surface area contributed by atoms with Gasteiger partial charge in [0.2, 0.25) is 0 Å². The zero-order valence-corrected chi connectivity index (χ0v) is 15.3. The van der Waals surface area contributed by atoms with E-state index < -0.39 is 0 Å². The highest BCUT2D eigenvalue weighted by molar-refractivity contribution is 6.30. The first-order chi connectivity index (χ1) is 13.1. The van der Waals surface area contributed by atoms with Crippen molar-refractivity contribution in [3.05, 3.63) is 69.0 Å². The Morgan fingerprint density at radius 3 is 2.74 bits per heavy atom. The topological polar surface area (TPSA) is 68.5 Å². The Labute approximate surface area is 160 Å². The number of aryl methyl sites for hydroxylation is 1. The fourth-order valence-electron chi connectivity index (χ4n) is 3.43. The lowest BCUT2D eigenvalue weighted by Gasteiger charge is -2.16. The molecule has 0 aliphatic heterocycles. The molecule has 6 heteroatoms. The van der Waals surface area contributed by atoms with Crippen LogP contribution in [0, 0.1) is 0 Å². The van der Waals surface area contributed by atoms with Gasteiger partial charge < -0.3 is 14.5 Å². The van der Waals surface area contributed by atoms with Gasteiger partial charge in [-0.25, -0.2) is 4.79 Å². The normalized spacial score (nSPS) is 13.2. The molecule has 0 fully saturated rings. The SMILES string of the molecule is O=C(COc1ccc2c3c(c(=O)oc2c1)CCCC3)Nc1cccc(Cl)c1. The number of halogens is 1. The highest BCUT2D eigenvalue weighted by Gasteiger charge is 2.18.